The summed E-state index contributed by atoms with van der Waals surface area (Å²) in [5, 5.41) is 6.89. The van der Waals surface area contributed by atoms with Crippen LogP contribution in [0.15, 0.2) is 6.20 Å². The van der Waals surface area contributed by atoms with Crippen LogP contribution < -0.4 is 0 Å². The van der Waals surface area contributed by atoms with Gasteiger partial charge in [0.25, 0.3) is 6.47 Å². The first kappa shape index (κ1) is 10.6. The summed E-state index contributed by atoms with van der Waals surface area (Å²) in [6, 6.07) is 0. The maximum atomic E-state index is 8.36. The number of rotatable bonds is 0. The van der Waals surface area contributed by atoms with Crippen LogP contribution in [0.2, 0.25) is 0 Å². The van der Waals surface area contributed by atoms with Crippen molar-refractivity contribution in [1.29, 1.82) is 0 Å². The number of carboxylic acid groups (broad SMARTS) is 1. The largest absolute Gasteiger partial charge is 0.483 e. The molecule has 12 heavy (non-hydrogen) atoms. The topological polar surface area (TPSA) is 63.1 Å². The number of aryl methyl sites for hydroxylation is 3. The molecule has 1 N–H and O–H groups in total. The zero-order chi connectivity index (χ0) is 9.56. The summed E-state index contributed by atoms with van der Waals surface area (Å²) >= 11 is 0. The smallest absolute Gasteiger partial charge is 0.290 e. The Balaban J connectivity index is 0.000000354. The molecule has 0 atom stereocenters. The highest BCUT2D eigenvalue weighted by molar-refractivity contribution is 5.32. The second-order valence-corrected chi connectivity index (χ2v) is 2.29. The average Bonchev–Trinajstić information content (AvgIpc) is 1.99. The molecule has 0 radical (unpaired) electrons. The fraction of sp³-hybridized carbons (Fsp3) is 0.375. The Kier molecular flexibility index (Phi) is 4.60. The first-order chi connectivity index (χ1) is 5.61. The van der Waals surface area contributed by atoms with Crippen molar-refractivity contribution in [3.8, 4) is 0 Å². The van der Waals surface area contributed by atoms with E-state index in [2.05, 4.69) is 9.97 Å². The van der Waals surface area contributed by atoms with E-state index in [-0.39, 0.29) is 6.47 Å². The molecule has 0 bridgehead atoms. The van der Waals surface area contributed by atoms with E-state index in [1.807, 2.05) is 20.8 Å². The highest BCUT2D eigenvalue weighted by Gasteiger charge is 1.92. The highest BCUT2D eigenvalue weighted by atomic mass is 16.3. The van der Waals surface area contributed by atoms with Gasteiger partial charge in [0.15, 0.2) is 0 Å². The van der Waals surface area contributed by atoms with E-state index in [4.69, 9.17) is 9.90 Å². The third-order valence-electron chi connectivity index (χ3n) is 1.31. The summed E-state index contributed by atoms with van der Waals surface area (Å²) in [5.41, 5.74) is 3.02. The van der Waals surface area contributed by atoms with Gasteiger partial charge in [-0.25, -0.2) is 0 Å². The normalized spacial score (nSPS) is 8.25. The van der Waals surface area contributed by atoms with Crippen LogP contribution in [0.3, 0.4) is 0 Å². The molecule has 1 rings (SSSR count). The van der Waals surface area contributed by atoms with Gasteiger partial charge in [0.05, 0.1) is 17.1 Å². The second-order valence-electron chi connectivity index (χ2n) is 2.29. The van der Waals surface area contributed by atoms with Crippen LogP contribution in [0.1, 0.15) is 17.1 Å². The van der Waals surface area contributed by atoms with Crippen molar-refractivity contribution < 1.29 is 9.90 Å². The van der Waals surface area contributed by atoms with Crippen molar-refractivity contribution in [1.82, 2.24) is 9.97 Å². The molecule has 0 saturated heterocycles. The highest BCUT2D eigenvalue weighted by Crippen LogP contribution is 1.98. The summed E-state index contributed by atoms with van der Waals surface area (Å²) in [6.45, 7) is 5.62. The maximum absolute atomic E-state index is 8.36. The molecule has 1 heterocycles. The predicted octanol–water partition coefficient (Wildman–Crippen LogP) is 1.10. The zero-order valence-corrected chi connectivity index (χ0v) is 7.40. The van der Waals surface area contributed by atoms with Crippen LogP contribution in [0.4, 0.5) is 0 Å². The Hall–Kier alpha value is -1.45. The van der Waals surface area contributed by atoms with Crippen LogP contribution in [0.25, 0.3) is 0 Å². The molecule has 66 valence electrons. The molecule has 0 unspecified atom stereocenters. The molecule has 0 aromatic carbocycles. The van der Waals surface area contributed by atoms with Crippen LogP contribution >= 0.6 is 0 Å². The van der Waals surface area contributed by atoms with Crippen molar-refractivity contribution in [2.24, 2.45) is 0 Å². The lowest BCUT2D eigenvalue weighted by Crippen LogP contribution is -1.92. The lowest BCUT2D eigenvalue weighted by molar-refractivity contribution is -0.122. The molecule has 0 fully saturated rings. The minimum absolute atomic E-state index is 0.250. The Labute approximate surface area is 71.3 Å². The minimum Gasteiger partial charge on any atom is -0.483 e. The van der Waals surface area contributed by atoms with Crippen LogP contribution in [-0.2, 0) is 4.79 Å². The summed E-state index contributed by atoms with van der Waals surface area (Å²) in [6.07, 6.45) is 1.78. The predicted molar refractivity (Wildman–Crippen MR) is 44.9 cm³/mol. The minimum atomic E-state index is -0.250. The third-order valence-corrected chi connectivity index (χ3v) is 1.31. The quantitative estimate of drug-likeness (QED) is 0.589. The number of aromatic nitrogens is 2. The molecular formula is C8H12N2O2. The van der Waals surface area contributed by atoms with Crippen molar-refractivity contribution in [2.75, 3.05) is 0 Å². The van der Waals surface area contributed by atoms with E-state index in [1.54, 1.807) is 6.20 Å². The molecule has 1 aromatic rings. The first-order valence-corrected chi connectivity index (χ1v) is 3.46. The van der Waals surface area contributed by atoms with Gasteiger partial charge in [-0.2, -0.15) is 0 Å². The van der Waals surface area contributed by atoms with Gasteiger partial charge in [-0.3, -0.25) is 14.8 Å². The molecule has 4 nitrogen and oxygen atoms in total. The molecule has 0 amide bonds. The van der Waals surface area contributed by atoms with Gasteiger partial charge in [-0.1, -0.05) is 0 Å². The van der Waals surface area contributed by atoms with E-state index in [9.17, 15) is 0 Å². The summed E-state index contributed by atoms with van der Waals surface area (Å²) in [7, 11) is 0. The van der Waals surface area contributed by atoms with Gasteiger partial charge in [0.2, 0.25) is 0 Å². The van der Waals surface area contributed by atoms with Gasteiger partial charge >= 0.3 is 0 Å². The first-order valence-electron chi connectivity index (χ1n) is 3.46. The molecule has 4 heteroatoms. The molecule has 0 spiro atoms. The van der Waals surface area contributed by atoms with E-state index >= 15 is 0 Å². The Morgan fingerprint density at radius 1 is 1.33 bits per heavy atom. The van der Waals surface area contributed by atoms with E-state index in [1.165, 1.54) is 0 Å². The van der Waals surface area contributed by atoms with Crippen molar-refractivity contribution in [2.45, 2.75) is 20.8 Å². The van der Waals surface area contributed by atoms with Gasteiger partial charge in [0.1, 0.15) is 0 Å². The molecular weight excluding hydrogens is 156 g/mol. The summed E-state index contributed by atoms with van der Waals surface area (Å²) < 4.78 is 0. The van der Waals surface area contributed by atoms with Gasteiger partial charge in [-0.15, -0.1) is 0 Å². The van der Waals surface area contributed by atoms with E-state index < -0.39 is 0 Å². The van der Waals surface area contributed by atoms with Crippen molar-refractivity contribution >= 4 is 6.47 Å². The second kappa shape index (κ2) is 5.23. The van der Waals surface area contributed by atoms with E-state index in [0.717, 1.165) is 17.1 Å². The fourth-order valence-corrected chi connectivity index (χ4v) is 0.658. The number of carbonyl (C=O) groups is 1. The van der Waals surface area contributed by atoms with Gasteiger partial charge in [0, 0.05) is 6.20 Å². The van der Waals surface area contributed by atoms with Gasteiger partial charge < -0.3 is 5.11 Å². The average molecular weight is 168 g/mol. The fourth-order valence-electron chi connectivity index (χ4n) is 0.658. The Morgan fingerprint density at radius 2 is 1.83 bits per heavy atom. The van der Waals surface area contributed by atoms with Crippen molar-refractivity contribution in [3.63, 3.8) is 0 Å². The summed E-state index contributed by atoms with van der Waals surface area (Å²) in [4.78, 5) is 16.7. The lowest BCUT2D eigenvalue weighted by Gasteiger charge is -1.96. The van der Waals surface area contributed by atoms with Crippen molar-refractivity contribution in [3.05, 3.63) is 23.3 Å². The summed E-state index contributed by atoms with van der Waals surface area (Å²) in [5.74, 6) is 0. The number of hydrogen-bond donors (Lipinski definition) is 1. The Bertz CT molecular complexity index is 261. The molecule has 0 aliphatic rings. The monoisotopic (exact) mass is 168 g/mol. The molecule has 0 aliphatic heterocycles. The zero-order valence-electron chi connectivity index (χ0n) is 7.40. The molecule has 1 aromatic heterocycles. The third kappa shape index (κ3) is 3.65. The maximum Gasteiger partial charge on any atom is 0.290 e. The lowest BCUT2D eigenvalue weighted by atomic mass is 10.3. The Morgan fingerprint density at radius 3 is 2.17 bits per heavy atom. The van der Waals surface area contributed by atoms with E-state index in [0.29, 0.717) is 0 Å². The molecule has 0 aliphatic carbocycles. The van der Waals surface area contributed by atoms with Crippen LogP contribution in [0.5, 0.6) is 0 Å². The van der Waals surface area contributed by atoms with Gasteiger partial charge in [-0.05, 0) is 20.8 Å². The SMILES string of the molecule is Cc1cnc(C)c(C)n1.O=CO. The molecule has 0 saturated carbocycles. The number of nitrogens with zero attached hydrogens (tertiary/aromatic N) is 2. The van der Waals surface area contributed by atoms with Crippen LogP contribution in [-0.4, -0.2) is 21.5 Å². The van der Waals surface area contributed by atoms with Crippen LogP contribution in [0, 0.1) is 20.8 Å². The standard InChI is InChI=1S/C7H10N2.CH2O2/c1-5-4-8-6(2)7(3)9-5;2-1-3/h4H,1-3H3;1H,(H,2,3). The number of hydrogen-bond acceptors (Lipinski definition) is 3.